The molecule has 0 radical (unpaired) electrons. The minimum Gasteiger partial charge on any atom is -0.493 e. The number of para-hydroxylation sites is 1. The molecule has 0 saturated heterocycles. The van der Waals surface area contributed by atoms with Crippen molar-refractivity contribution in [3.63, 3.8) is 0 Å². The maximum absolute atomic E-state index is 13.4. The fourth-order valence-corrected chi connectivity index (χ4v) is 5.05. The monoisotopic (exact) mass is 483 g/mol. The van der Waals surface area contributed by atoms with Crippen molar-refractivity contribution in [2.45, 2.75) is 44.7 Å². The number of ether oxygens (including phenoxy) is 1. The molecule has 0 aliphatic heterocycles. The second kappa shape index (κ2) is 10.4. The molecule has 0 spiro atoms. The molecule has 7 heteroatoms. The molecule has 1 saturated carbocycles. The van der Waals surface area contributed by atoms with Crippen LogP contribution in [-0.4, -0.2) is 48.7 Å². The summed E-state index contributed by atoms with van der Waals surface area (Å²) in [6, 6.07) is 20.3. The highest BCUT2D eigenvalue weighted by atomic mass is 16.5. The molecule has 0 unspecified atom stereocenters. The quantitative estimate of drug-likeness (QED) is 0.366. The fourth-order valence-electron chi connectivity index (χ4n) is 5.05. The summed E-state index contributed by atoms with van der Waals surface area (Å²) < 4.78 is 5.81. The van der Waals surface area contributed by atoms with Crippen LogP contribution in [0.1, 0.15) is 43.0 Å². The number of nitrogens with zero attached hydrogens (tertiary/aromatic N) is 3. The van der Waals surface area contributed by atoms with Crippen LogP contribution in [0.4, 0.5) is 11.8 Å². The zero-order chi connectivity index (χ0) is 25.1. The number of aromatic nitrogens is 2. The maximum atomic E-state index is 13.4. The molecule has 36 heavy (non-hydrogen) atoms. The molecule has 1 fully saturated rings. The Bertz CT molecular complexity index is 1380. The zero-order valence-electron chi connectivity index (χ0n) is 21.1. The van der Waals surface area contributed by atoms with Gasteiger partial charge in [0.05, 0.1) is 17.7 Å². The van der Waals surface area contributed by atoms with Crippen molar-refractivity contribution in [2.75, 3.05) is 30.9 Å². The molecule has 2 N–H and O–H groups in total. The summed E-state index contributed by atoms with van der Waals surface area (Å²) in [5.41, 5.74) is 1.55. The van der Waals surface area contributed by atoms with Crippen LogP contribution < -0.4 is 20.3 Å². The third kappa shape index (κ3) is 4.91. The Morgan fingerprint density at radius 3 is 2.36 bits per heavy atom. The van der Waals surface area contributed by atoms with E-state index >= 15 is 0 Å². The summed E-state index contributed by atoms with van der Waals surface area (Å²) >= 11 is 0. The number of hydrogen-bond donors (Lipinski definition) is 2. The Hall–Kier alpha value is -3.87. The Morgan fingerprint density at radius 2 is 1.61 bits per heavy atom. The third-order valence-electron chi connectivity index (χ3n) is 6.82. The highest BCUT2D eigenvalue weighted by Gasteiger charge is 2.25. The third-order valence-corrected chi connectivity index (χ3v) is 6.82. The van der Waals surface area contributed by atoms with Crippen LogP contribution in [0.15, 0.2) is 60.7 Å². The lowest BCUT2D eigenvalue weighted by molar-refractivity contribution is 0.0924. The number of hydrogen-bond acceptors (Lipinski definition) is 6. The predicted molar refractivity (Wildman–Crippen MR) is 146 cm³/mol. The molecule has 7 nitrogen and oxygen atoms in total. The molecule has 4 aromatic rings. The van der Waals surface area contributed by atoms with Crippen LogP contribution in [-0.2, 0) is 0 Å². The number of rotatable bonds is 7. The number of carbonyl (C=O) groups excluding carboxylic acids is 1. The van der Waals surface area contributed by atoms with Gasteiger partial charge in [0, 0.05) is 31.6 Å². The average Bonchev–Trinajstić information content (AvgIpc) is 2.89. The molecule has 0 bridgehead atoms. The van der Waals surface area contributed by atoms with E-state index in [1.165, 1.54) is 0 Å². The number of amides is 1. The van der Waals surface area contributed by atoms with Gasteiger partial charge in [-0.15, -0.1) is 0 Å². The smallest absolute Gasteiger partial charge is 0.255 e. The SMILES string of the molecule is CCOc1ccc2ccccc2c1C(=O)NC1CCC(Nc2nc(N(C)C)c3ccccc3n2)CC1. The number of benzene rings is 3. The average molecular weight is 484 g/mol. The predicted octanol–water partition coefficient (Wildman–Crippen LogP) is 5.40. The van der Waals surface area contributed by atoms with Gasteiger partial charge < -0.3 is 20.3 Å². The number of carbonyl (C=O) groups is 1. The van der Waals surface area contributed by atoms with Crippen molar-refractivity contribution in [1.82, 2.24) is 15.3 Å². The Labute approximate surface area is 211 Å². The largest absolute Gasteiger partial charge is 0.493 e. The van der Waals surface area contributed by atoms with Gasteiger partial charge in [0.2, 0.25) is 5.95 Å². The highest BCUT2D eigenvalue weighted by Crippen LogP contribution is 2.30. The lowest BCUT2D eigenvalue weighted by Gasteiger charge is -2.30. The molecular formula is C29H33N5O2. The summed E-state index contributed by atoms with van der Waals surface area (Å²) in [6.45, 7) is 2.45. The van der Waals surface area contributed by atoms with E-state index in [-0.39, 0.29) is 18.0 Å². The normalized spacial score (nSPS) is 17.6. The number of nitrogens with one attached hydrogen (secondary N) is 2. The van der Waals surface area contributed by atoms with E-state index in [1.54, 1.807) is 0 Å². The summed E-state index contributed by atoms with van der Waals surface area (Å²) in [7, 11) is 4.00. The minimum atomic E-state index is -0.0693. The van der Waals surface area contributed by atoms with Crippen molar-refractivity contribution < 1.29 is 9.53 Å². The fraction of sp³-hybridized carbons (Fsp3) is 0.345. The molecular weight excluding hydrogens is 450 g/mol. The number of anilines is 2. The van der Waals surface area contributed by atoms with Gasteiger partial charge in [0.15, 0.2) is 0 Å². The van der Waals surface area contributed by atoms with Crippen molar-refractivity contribution in [3.05, 3.63) is 66.2 Å². The van der Waals surface area contributed by atoms with Crippen molar-refractivity contribution in [1.29, 1.82) is 0 Å². The topological polar surface area (TPSA) is 79.4 Å². The van der Waals surface area contributed by atoms with E-state index in [9.17, 15) is 4.79 Å². The van der Waals surface area contributed by atoms with Crippen LogP contribution in [0.3, 0.4) is 0 Å². The first-order valence-corrected chi connectivity index (χ1v) is 12.7. The molecule has 1 amide bonds. The molecule has 3 aromatic carbocycles. The molecule has 5 rings (SSSR count). The second-order valence-corrected chi connectivity index (χ2v) is 9.54. The van der Waals surface area contributed by atoms with Gasteiger partial charge in [-0.2, -0.15) is 4.98 Å². The van der Waals surface area contributed by atoms with Gasteiger partial charge in [0.25, 0.3) is 5.91 Å². The summed E-state index contributed by atoms with van der Waals surface area (Å²) in [4.78, 5) is 24.9. The zero-order valence-corrected chi connectivity index (χ0v) is 21.1. The van der Waals surface area contributed by atoms with Crippen molar-refractivity contribution >= 4 is 39.3 Å². The first-order chi connectivity index (χ1) is 17.5. The highest BCUT2D eigenvalue weighted by molar-refractivity contribution is 6.09. The van der Waals surface area contributed by atoms with E-state index in [0.717, 1.165) is 53.2 Å². The number of fused-ring (bicyclic) bond motifs is 2. The maximum Gasteiger partial charge on any atom is 0.255 e. The van der Waals surface area contributed by atoms with Gasteiger partial charge in [-0.25, -0.2) is 4.98 Å². The lowest BCUT2D eigenvalue weighted by Crippen LogP contribution is -2.40. The Kier molecular flexibility index (Phi) is 6.89. The molecule has 1 aromatic heterocycles. The molecule has 1 aliphatic rings. The van der Waals surface area contributed by atoms with Crippen LogP contribution in [0.25, 0.3) is 21.7 Å². The van der Waals surface area contributed by atoms with Crippen molar-refractivity contribution in [2.24, 2.45) is 0 Å². The minimum absolute atomic E-state index is 0.0693. The van der Waals surface area contributed by atoms with E-state index in [1.807, 2.05) is 80.5 Å². The van der Waals surface area contributed by atoms with Crippen LogP contribution in [0, 0.1) is 0 Å². The first-order valence-electron chi connectivity index (χ1n) is 12.7. The van der Waals surface area contributed by atoms with Gasteiger partial charge in [-0.3, -0.25) is 4.79 Å². The van der Waals surface area contributed by atoms with E-state index in [4.69, 9.17) is 14.7 Å². The molecule has 186 valence electrons. The molecule has 1 aliphatic carbocycles. The van der Waals surface area contributed by atoms with E-state index < -0.39 is 0 Å². The van der Waals surface area contributed by atoms with Gasteiger partial charge in [0.1, 0.15) is 11.6 Å². The summed E-state index contributed by atoms with van der Waals surface area (Å²) in [5.74, 6) is 2.13. The summed E-state index contributed by atoms with van der Waals surface area (Å²) in [6.07, 6.45) is 3.66. The van der Waals surface area contributed by atoms with E-state index in [2.05, 4.69) is 16.7 Å². The standard InChI is InChI=1S/C29H33N5O2/c1-4-36-25-18-13-19-9-5-6-10-22(19)26(25)28(35)30-20-14-16-21(17-15-20)31-29-32-24-12-8-7-11-23(24)27(33-29)34(2)3/h5-13,18,20-21H,4,14-17H2,1-3H3,(H,30,35)(H,31,32,33). The van der Waals surface area contributed by atoms with Crippen LogP contribution in [0.5, 0.6) is 5.75 Å². The molecule has 1 heterocycles. The van der Waals surface area contributed by atoms with Gasteiger partial charge in [-0.1, -0.05) is 42.5 Å². The Balaban J connectivity index is 1.26. The lowest BCUT2D eigenvalue weighted by atomic mass is 9.91. The second-order valence-electron chi connectivity index (χ2n) is 9.54. The van der Waals surface area contributed by atoms with Gasteiger partial charge >= 0.3 is 0 Å². The van der Waals surface area contributed by atoms with Crippen LogP contribution >= 0.6 is 0 Å². The summed E-state index contributed by atoms with van der Waals surface area (Å²) in [5, 5.41) is 9.81. The van der Waals surface area contributed by atoms with Crippen LogP contribution in [0.2, 0.25) is 0 Å². The van der Waals surface area contributed by atoms with E-state index in [0.29, 0.717) is 23.9 Å². The van der Waals surface area contributed by atoms with Gasteiger partial charge in [-0.05, 0) is 61.6 Å². The molecule has 0 atom stereocenters. The first kappa shape index (κ1) is 23.9. The Morgan fingerprint density at radius 1 is 0.917 bits per heavy atom. The van der Waals surface area contributed by atoms with Crippen molar-refractivity contribution in [3.8, 4) is 5.75 Å².